The maximum absolute atomic E-state index is 13.5. The lowest BCUT2D eigenvalue weighted by Gasteiger charge is -2.39. The van der Waals surface area contributed by atoms with Crippen LogP contribution in [0.4, 0.5) is 43.7 Å². The molecular formula is C53H69F2N13. The molecule has 4 atom stereocenters. The molecule has 4 unspecified atom stereocenters. The lowest BCUT2D eigenvalue weighted by Crippen LogP contribution is -2.56. The number of rotatable bonds is 16. The Balaban J connectivity index is 0.665. The van der Waals surface area contributed by atoms with Gasteiger partial charge in [0.15, 0.2) is 0 Å². The summed E-state index contributed by atoms with van der Waals surface area (Å²) in [6.45, 7) is 10.7. The van der Waals surface area contributed by atoms with Crippen molar-refractivity contribution in [3.05, 3.63) is 71.1 Å². The summed E-state index contributed by atoms with van der Waals surface area (Å²) in [4.78, 5) is 39.3. The minimum absolute atomic E-state index is 0.311. The van der Waals surface area contributed by atoms with Crippen LogP contribution in [0.15, 0.2) is 42.9 Å². The van der Waals surface area contributed by atoms with Crippen LogP contribution in [0, 0.1) is 29.6 Å². The molecule has 4 aromatic rings. The van der Waals surface area contributed by atoms with Crippen LogP contribution in [0.25, 0.3) is 0 Å². The number of piperidine rings is 4. The van der Waals surface area contributed by atoms with Gasteiger partial charge in [-0.2, -0.15) is 0 Å². The molecule has 360 valence electrons. The highest BCUT2D eigenvalue weighted by Crippen LogP contribution is 2.53. The van der Waals surface area contributed by atoms with Crippen molar-refractivity contribution in [3.8, 4) is 0 Å². The number of aromatic nitrogens is 6. The molecule has 0 spiro atoms. The third kappa shape index (κ3) is 9.90. The molecule has 0 bridgehead atoms. The van der Waals surface area contributed by atoms with E-state index in [0.29, 0.717) is 47.1 Å². The Labute approximate surface area is 400 Å². The maximum Gasteiger partial charge on any atom is 0.282 e. The number of nitrogens with zero attached hydrogens (tertiary/aromatic N) is 10. The number of alkyl halides is 2. The number of pyridine rings is 2. The number of hydrogen-bond acceptors (Lipinski definition) is 13. The Kier molecular flexibility index (Phi) is 11.5. The van der Waals surface area contributed by atoms with E-state index in [1.165, 1.54) is 112 Å². The second-order valence-electron chi connectivity index (χ2n) is 22.7. The normalized spacial score (nSPS) is 27.8. The van der Waals surface area contributed by atoms with Crippen molar-refractivity contribution in [2.24, 2.45) is 29.6 Å². The highest BCUT2D eigenvalue weighted by atomic mass is 19.3. The number of likely N-dealkylation sites (tertiary alicyclic amines) is 2. The van der Waals surface area contributed by atoms with Gasteiger partial charge in [-0.25, -0.2) is 33.7 Å². The lowest BCUT2D eigenvalue weighted by atomic mass is 9.87. The van der Waals surface area contributed by atoms with E-state index in [4.69, 9.17) is 19.9 Å². The van der Waals surface area contributed by atoms with Gasteiger partial charge in [0.25, 0.3) is 5.92 Å². The Morgan fingerprint density at radius 2 is 1.25 bits per heavy atom. The van der Waals surface area contributed by atoms with Crippen molar-refractivity contribution in [2.45, 2.75) is 113 Å². The van der Waals surface area contributed by atoms with Gasteiger partial charge in [0.2, 0.25) is 0 Å². The van der Waals surface area contributed by atoms with Gasteiger partial charge in [0.1, 0.15) is 34.9 Å². The van der Waals surface area contributed by atoms with E-state index in [1.54, 1.807) is 17.3 Å². The van der Waals surface area contributed by atoms with E-state index < -0.39 is 5.92 Å². The molecule has 0 amide bonds. The first-order valence-electron chi connectivity index (χ1n) is 26.5. The minimum atomic E-state index is -2.65. The zero-order valence-corrected chi connectivity index (χ0v) is 39.6. The molecule has 0 radical (unpaired) electrons. The highest BCUT2D eigenvalue weighted by Gasteiger charge is 2.47. The standard InChI is InChI=1S/C53H69F2N13/c54-53(55)31-68(32-53)50-26-57-47(24-58-50)61-46-22-39(23-49(63-46)67-29-40-18-41(40)30-67)36-9-15-66(16-10-36)28-42-20-44(42)52-51(37-3-4-37)59-25-48(64-52)62-45-21-38(19-43(60-45)17-33-5-11-56-12-6-33)35-7-13-65(14-8-35)27-34-1-2-34/h19,21-26,33-37,40-42,44,56H,1-18,20,27-32H2,(H,57,61,63)(H,60,62,64). The van der Waals surface area contributed by atoms with E-state index in [1.807, 2.05) is 6.20 Å². The summed E-state index contributed by atoms with van der Waals surface area (Å²) in [7, 11) is 0. The van der Waals surface area contributed by atoms with Crippen LogP contribution in [0.1, 0.15) is 129 Å². The number of fused-ring (bicyclic) bond motifs is 1. The number of hydrogen-bond donors (Lipinski definition) is 3. The van der Waals surface area contributed by atoms with Crippen LogP contribution in [-0.2, 0) is 6.42 Å². The molecule has 68 heavy (non-hydrogen) atoms. The average molecular weight is 926 g/mol. The van der Waals surface area contributed by atoms with Gasteiger partial charge in [-0.15, -0.1) is 0 Å². The molecule has 13 rings (SSSR count). The van der Waals surface area contributed by atoms with Crippen molar-refractivity contribution >= 4 is 34.9 Å². The summed E-state index contributed by atoms with van der Waals surface area (Å²) in [6.07, 6.45) is 21.2. The molecule has 0 aromatic carbocycles. The lowest BCUT2D eigenvalue weighted by molar-refractivity contribution is -0.0267. The molecule has 3 N–H and O–H groups in total. The molecule has 15 heteroatoms. The number of anilines is 6. The van der Waals surface area contributed by atoms with E-state index in [0.717, 1.165) is 106 Å². The van der Waals surface area contributed by atoms with Crippen LogP contribution in [0.2, 0.25) is 0 Å². The molecular weight excluding hydrogens is 857 g/mol. The minimum Gasteiger partial charge on any atom is -0.356 e. The van der Waals surface area contributed by atoms with Gasteiger partial charge in [-0.3, -0.25) is 4.98 Å². The van der Waals surface area contributed by atoms with Crippen molar-refractivity contribution in [3.63, 3.8) is 0 Å². The van der Waals surface area contributed by atoms with Gasteiger partial charge in [-0.1, -0.05) is 0 Å². The number of halogens is 2. The second-order valence-corrected chi connectivity index (χ2v) is 22.7. The summed E-state index contributed by atoms with van der Waals surface area (Å²) in [5.74, 6) is 7.85. The Morgan fingerprint density at radius 3 is 1.93 bits per heavy atom. The van der Waals surface area contributed by atoms with Crippen molar-refractivity contribution < 1.29 is 8.78 Å². The fourth-order valence-electron chi connectivity index (χ4n) is 12.6. The van der Waals surface area contributed by atoms with Gasteiger partial charge < -0.3 is 35.6 Å². The second kappa shape index (κ2) is 18.0. The molecule has 13 nitrogen and oxygen atoms in total. The maximum atomic E-state index is 13.5. The molecule has 9 aliphatic rings. The first-order valence-corrected chi connectivity index (χ1v) is 26.5. The van der Waals surface area contributed by atoms with Gasteiger partial charge >= 0.3 is 0 Å². The van der Waals surface area contributed by atoms with Gasteiger partial charge in [0, 0.05) is 43.7 Å². The fraction of sp³-hybridized carbons (Fsp3) is 0.660. The van der Waals surface area contributed by atoms with E-state index in [-0.39, 0.29) is 13.1 Å². The molecule has 5 aliphatic heterocycles. The molecule has 9 heterocycles. The zero-order valence-electron chi connectivity index (χ0n) is 39.6. The summed E-state index contributed by atoms with van der Waals surface area (Å²) in [6, 6.07) is 9.32. The average Bonchev–Trinajstić information content (AvgIpc) is 4.13. The first kappa shape index (κ1) is 43.4. The first-order chi connectivity index (χ1) is 33.3. The van der Waals surface area contributed by atoms with Gasteiger partial charge in [-0.05, 0) is 200 Å². The quantitative estimate of drug-likeness (QED) is 0.0997. The Bertz CT molecular complexity index is 2420. The van der Waals surface area contributed by atoms with Gasteiger partial charge in [0.05, 0.1) is 43.1 Å². The monoisotopic (exact) mass is 926 g/mol. The van der Waals surface area contributed by atoms with Crippen LogP contribution in [-0.4, -0.2) is 124 Å². The topological polar surface area (TPSA) is 126 Å². The van der Waals surface area contributed by atoms with E-state index in [9.17, 15) is 8.78 Å². The van der Waals surface area contributed by atoms with E-state index in [2.05, 4.69) is 64.9 Å². The van der Waals surface area contributed by atoms with E-state index >= 15 is 0 Å². The zero-order chi connectivity index (χ0) is 45.3. The summed E-state index contributed by atoms with van der Waals surface area (Å²) >= 11 is 0. The third-order valence-electron chi connectivity index (χ3n) is 17.2. The van der Waals surface area contributed by atoms with Crippen LogP contribution < -0.4 is 25.8 Å². The molecule has 4 aromatic heterocycles. The molecule has 5 saturated heterocycles. The third-order valence-corrected chi connectivity index (χ3v) is 17.2. The van der Waals surface area contributed by atoms with Crippen molar-refractivity contribution in [1.29, 1.82) is 0 Å². The van der Waals surface area contributed by atoms with Crippen LogP contribution in [0.3, 0.4) is 0 Å². The smallest absolute Gasteiger partial charge is 0.282 e. The fourth-order valence-corrected chi connectivity index (χ4v) is 12.6. The Hall–Kier alpha value is -4.60. The van der Waals surface area contributed by atoms with Crippen molar-refractivity contribution in [1.82, 2.24) is 45.0 Å². The largest absolute Gasteiger partial charge is 0.356 e. The molecule has 4 saturated carbocycles. The predicted molar refractivity (Wildman–Crippen MR) is 262 cm³/mol. The molecule has 9 fully saturated rings. The number of nitrogens with one attached hydrogen (secondary N) is 3. The Morgan fingerprint density at radius 1 is 0.574 bits per heavy atom. The highest BCUT2D eigenvalue weighted by molar-refractivity contribution is 5.59. The van der Waals surface area contributed by atoms with Crippen LogP contribution >= 0.6 is 0 Å². The summed E-state index contributed by atoms with van der Waals surface area (Å²) in [5, 5.41) is 10.7. The van der Waals surface area contributed by atoms with Crippen LogP contribution in [0.5, 0.6) is 0 Å². The summed E-state index contributed by atoms with van der Waals surface area (Å²) in [5.41, 5.74) is 6.49. The summed E-state index contributed by atoms with van der Waals surface area (Å²) < 4.78 is 27.0. The van der Waals surface area contributed by atoms with Crippen molar-refractivity contribution in [2.75, 3.05) is 99.0 Å². The molecule has 4 aliphatic carbocycles. The predicted octanol–water partition coefficient (Wildman–Crippen LogP) is 8.45. The SMILES string of the molecule is FC1(F)CN(c2cnc(Nc3cc(C4CCN(CC5CC5c5nc(Nc6cc(C7CCN(CC8CC8)CC7)cc(CC7CCNCC7)n6)cnc5C5CC5)CC4)cc(N4CC5CC5C4)n3)cn2)C1.